The number of hydrogen-bond acceptors (Lipinski definition) is 4. The monoisotopic (exact) mass is 244 g/mol. The fraction of sp³-hybridized carbons (Fsp3) is 0.800. The molecule has 1 fully saturated rings. The minimum Gasteiger partial charge on any atom is -0.409 e. The van der Waals surface area contributed by atoms with Crippen LogP contribution in [0.4, 0.5) is 4.79 Å². The number of methoxy groups -OCH3 is 1. The van der Waals surface area contributed by atoms with Crippen LogP contribution in [-0.2, 0) is 4.74 Å². The lowest BCUT2D eigenvalue weighted by Gasteiger charge is -2.39. The number of likely N-dealkylation sites (tertiary alicyclic amines) is 1. The number of nitrogens with one attached hydrogen (secondary N) is 1. The number of ether oxygens (including phenoxy) is 1. The van der Waals surface area contributed by atoms with Crippen LogP contribution in [0.5, 0.6) is 0 Å². The second-order valence-corrected chi connectivity index (χ2v) is 4.01. The van der Waals surface area contributed by atoms with Crippen LogP contribution in [0.1, 0.15) is 19.8 Å². The summed E-state index contributed by atoms with van der Waals surface area (Å²) in [5.41, 5.74) is 4.88. The number of nitrogens with two attached hydrogens (primary N) is 1. The maximum atomic E-state index is 11.6. The number of rotatable bonds is 3. The van der Waals surface area contributed by atoms with Gasteiger partial charge in [0.25, 0.3) is 0 Å². The topological polar surface area (TPSA) is 100 Å². The van der Waals surface area contributed by atoms with E-state index in [0.717, 1.165) is 0 Å². The number of urea groups is 1. The number of carbonyl (C=O) groups excluding carboxylic acids is 1. The number of carbonyl (C=O) groups is 1. The molecular weight excluding hydrogens is 224 g/mol. The molecule has 17 heavy (non-hydrogen) atoms. The maximum Gasteiger partial charge on any atom is 0.317 e. The lowest BCUT2D eigenvalue weighted by molar-refractivity contribution is 0.000867. The molecule has 0 radical (unpaired) electrons. The molecule has 98 valence electrons. The number of oxime groups is 1. The summed E-state index contributed by atoms with van der Waals surface area (Å²) in [5, 5.41) is 14.5. The second kappa shape index (κ2) is 5.72. The molecular formula is C10H20N4O3. The van der Waals surface area contributed by atoms with Gasteiger partial charge in [0.15, 0.2) is 5.84 Å². The first kappa shape index (κ1) is 13.6. The number of nitrogens with zero attached hydrogens (tertiary/aromatic N) is 2. The van der Waals surface area contributed by atoms with Crippen LogP contribution in [0, 0.1) is 0 Å². The van der Waals surface area contributed by atoms with E-state index in [-0.39, 0.29) is 11.9 Å². The number of hydrogen-bond donors (Lipinski definition) is 3. The van der Waals surface area contributed by atoms with Crippen molar-refractivity contribution in [1.82, 2.24) is 10.2 Å². The van der Waals surface area contributed by atoms with Gasteiger partial charge in [-0.3, -0.25) is 0 Å². The minimum absolute atomic E-state index is 0.0653. The summed E-state index contributed by atoms with van der Waals surface area (Å²) in [6, 6.07) is -0.0864. The Morgan fingerprint density at radius 1 is 1.59 bits per heavy atom. The third kappa shape index (κ3) is 2.79. The Bertz CT molecular complexity index is 298. The van der Waals surface area contributed by atoms with Crippen molar-refractivity contribution >= 4 is 11.9 Å². The van der Waals surface area contributed by atoms with Crippen molar-refractivity contribution in [2.75, 3.05) is 26.7 Å². The lowest BCUT2D eigenvalue weighted by Crippen LogP contribution is -2.56. The van der Waals surface area contributed by atoms with Gasteiger partial charge < -0.3 is 25.9 Å². The number of amidine groups is 1. The van der Waals surface area contributed by atoms with Crippen molar-refractivity contribution in [3.8, 4) is 0 Å². The van der Waals surface area contributed by atoms with E-state index in [4.69, 9.17) is 15.7 Å². The van der Waals surface area contributed by atoms with Gasteiger partial charge in [-0.05, 0) is 6.92 Å². The summed E-state index contributed by atoms with van der Waals surface area (Å²) >= 11 is 0. The van der Waals surface area contributed by atoms with E-state index in [1.165, 1.54) is 7.11 Å². The molecule has 0 aliphatic carbocycles. The fourth-order valence-electron chi connectivity index (χ4n) is 1.99. The molecule has 1 aliphatic rings. The molecule has 4 N–H and O–H groups in total. The Kier molecular flexibility index (Phi) is 4.56. The predicted molar refractivity (Wildman–Crippen MR) is 63.0 cm³/mol. The fourth-order valence-corrected chi connectivity index (χ4v) is 1.99. The first-order valence-corrected chi connectivity index (χ1v) is 5.65. The average Bonchev–Trinajstić information content (AvgIpc) is 2.38. The molecule has 7 heteroatoms. The van der Waals surface area contributed by atoms with Crippen molar-refractivity contribution in [2.45, 2.75) is 25.4 Å². The molecule has 2 amide bonds. The molecule has 0 aromatic rings. The Hall–Kier alpha value is -1.50. The van der Waals surface area contributed by atoms with Crippen LogP contribution >= 0.6 is 0 Å². The van der Waals surface area contributed by atoms with Crippen molar-refractivity contribution in [1.29, 1.82) is 0 Å². The molecule has 0 atom stereocenters. The summed E-state index contributed by atoms with van der Waals surface area (Å²) in [6.45, 7) is 3.52. The van der Waals surface area contributed by atoms with Gasteiger partial charge in [0.05, 0.1) is 0 Å². The molecule has 1 rings (SSSR count). The van der Waals surface area contributed by atoms with E-state index >= 15 is 0 Å². The minimum atomic E-state index is -0.752. The Morgan fingerprint density at radius 3 is 2.59 bits per heavy atom. The highest BCUT2D eigenvalue weighted by atomic mass is 16.5. The van der Waals surface area contributed by atoms with Gasteiger partial charge >= 0.3 is 6.03 Å². The van der Waals surface area contributed by atoms with Gasteiger partial charge in [0.1, 0.15) is 5.60 Å². The summed E-state index contributed by atoms with van der Waals surface area (Å²) < 4.78 is 5.35. The quantitative estimate of drug-likeness (QED) is 0.280. The van der Waals surface area contributed by atoms with Gasteiger partial charge in [-0.2, -0.15) is 0 Å². The standard InChI is InChI=1S/C10H20N4O3/c1-3-12-9(15)14-6-4-10(17-2,5-7-14)8(11)13-16/h16H,3-7H2,1-2H3,(H2,11,13)(H,12,15). The lowest BCUT2D eigenvalue weighted by atomic mass is 9.90. The zero-order valence-corrected chi connectivity index (χ0v) is 10.3. The Labute approximate surface area is 101 Å². The van der Waals surface area contributed by atoms with E-state index in [0.29, 0.717) is 32.5 Å². The molecule has 0 bridgehead atoms. The van der Waals surface area contributed by atoms with Crippen LogP contribution in [0.3, 0.4) is 0 Å². The average molecular weight is 244 g/mol. The maximum absolute atomic E-state index is 11.6. The first-order chi connectivity index (χ1) is 8.09. The molecule has 0 unspecified atom stereocenters. The zero-order chi connectivity index (χ0) is 12.9. The third-order valence-corrected chi connectivity index (χ3v) is 3.15. The van der Waals surface area contributed by atoms with Crippen LogP contribution in [-0.4, -0.2) is 54.3 Å². The van der Waals surface area contributed by atoms with Crippen LogP contribution in [0.25, 0.3) is 0 Å². The normalized spacial score (nSPS) is 20.1. The van der Waals surface area contributed by atoms with Gasteiger partial charge in [0.2, 0.25) is 0 Å². The summed E-state index contributed by atoms with van der Waals surface area (Å²) in [4.78, 5) is 13.3. The SMILES string of the molecule is CCNC(=O)N1CCC(OC)(C(N)=NO)CC1. The molecule has 1 heterocycles. The van der Waals surface area contributed by atoms with Gasteiger partial charge in [0, 0.05) is 39.6 Å². The largest absolute Gasteiger partial charge is 0.409 e. The number of amides is 2. The summed E-state index contributed by atoms with van der Waals surface area (Å²) in [6.07, 6.45) is 1.05. The van der Waals surface area contributed by atoms with Crippen molar-refractivity contribution in [3.63, 3.8) is 0 Å². The van der Waals surface area contributed by atoms with Crippen LogP contribution in [0.15, 0.2) is 5.16 Å². The molecule has 0 spiro atoms. The van der Waals surface area contributed by atoms with Crippen LogP contribution < -0.4 is 11.1 Å². The van der Waals surface area contributed by atoms with Gasteiger partial charge in [-0.15, -0.1) is 0 Å². The highest BCUT2D eigenvalue weighted by molar-refractivity contribution is 5.89. The van der Waals surface area contributed by atoms with Crippen molar-refractivity contribution in [3.05, 3.63) is 0 Å². The van der Waals surface area contributed by atoms with Gasteiger partial charge in [-0.1, -0.05) is 5.16 Å². The first-order valence-electron chi connectivity index (χ1n) is 5.65. The molecule has 1 saturated heterocycles. The molecule has 0 aromatic carbocycles. The summed E-state index contributed by atoms with van der Waals surface area (Å²) in [5.74, 6) is 0.0653. The highest BCUT2D eigenvalue weighted by Crippen LogP contribution is 2.26. The van der Waals surface area contributed by atoms with Crippen molar-refractivity contribution < 1.29 is 14.7 Å². The molecule has 0 saturated carbocycles. The highest BCUT2D eigenvalue weighted by Gasteiger charge is 2.39. The Morgan fingerprint density at radius 2 is 2.18 bits per heavy atom. The van der Waals surface area contributed by atoms with E-state index in [1.54, 1.807) is 4.90 Å². The number of piperidine rings is 1. The third-order valence-electron chi connectivity index (χ3n) is 3.15. The smallest absolute Gasteiger partial charge is 0.317 e. The van der Waals surface area contributed by atoms with E-state index in [1.807, 2.05) is 6.92 Å². The van der Waals surface area contributed by atoms with E-state index < -0.39 is 5.60 Å². The second-order valence-electron chi connectivity index (χ2n) is 4.01. The predicted octanol–water partition coefficient (Wildman–Crippen LogP) is -0.0567. The zero-order valence-electron chi connectivity index (χ0n) is 10.3. The van der Waals surface area contributed by atoms with Crippen LogP contribution in [0.2, 0.25) is 0 Å². The van der Waals surface area contributed by atoms with Crippen molar-refractivity contribution in [2.24, 2.45) is 10.9 Å². The molecule has 0 aromatic heterocycles. The van der Waals surface area contributed by atoms with Gasteiger partial charge in [-0.25, -0.2) is 4.79 Å². The van der Waals surface area contributed by atoms with E-state index in [2.05, 4.69) is 10.5 Å². The summed E-state index contributed by atoms with van der Waals surface area (Å²) in [7, 11) is 1.53. The van der Waals surface area contributed by atoms with E-state index in [9.17, 15) is 4.79 Å². The molecule has 7 nitrogen and oxygen atoms in total. The Balaban J connectivity index is 2.62. The molecule has 1 aliphatic heterocycles.